The normalized spacial score (nSPS) is 11.6. The van der Waals surface area contributed by atoms with Crippen molar-refractivity contribution >= 4 is 33.3 Å². The summed E-state index contributed by atoms with van der Waals surface area (Å²) in [5, 5.41) is 21.1. The van der Waals surface area contributed by atoms with Crippen LogP contribution in [-0.4, -0.2) is 27.5 Å². The molecule has 26 heavy (non-hydrogen) atoms. The van der Waals surface area contributed by atoms with Gasteiger partial charge in [0.1, 0.15) is 12.4 Å². The lowest BCUT2D eigenvalue weighted by molar-refractivity contribution is 0.0282. The van der Waals surface area contributed by atoms with Crippen LogP contribution in [0, 0.1) is 6.92 Å². The molecule has 0 aliphatic heterocycles. The zero-order valence-electron chi connectivity index (χ0n) is 14.7. The maximum absolute atomic E-state index is 9.86. The number of hydrogen-bond acceptors (Lipinski definition) is 7. The predicted octanol–water partition coefficient (Wildman–Crippen LogP) is 4.63. The highest BCUT2D eigenvalue weighted by molar-refractivity contribution is 9.10. The minimum atomic E-state index is -0.905. The van der Waals surface area contributed by atoms with E-state index in [1.165, 1.54) is 4.88 Å². The molecule has 6 nitrogen and oxygen atoms in total. The van der Waals surface area contributed by atoms with E-state index in [1.54, 1.807) is 25.2 Å². The van der Waals surface area contributed by atoms with Crippen LogP contribution in [0.4, 0.5) is 6.01 Å². The largest absolute Gasteiger partial charge is 0.490 e. The molecule has 3 rings (SSSR count). The average Bonchev–Trinajstić information content (AvgIpc) is 3.20. The Hall–Kier alpha value is -1.90. The molecule has 0 spiro atoms. The maximum Gasteiger partial charge on any atom is 0.316 e. The molecule has 0 aliphatic carbocycles. The molecule has 0 radical (unpaired) electrons. The van der Waals surface area contributed by atoms with Crippen molar-refractivity contribution in [3.05, 3.63) is 45.2 Å². The van der Waals surface area contributed by atoms with Gasteiger partial charge in [0.25, 0.3) is 5.89 Å². The Bertz CT molecular complexity index is 886. The smallest absolute Gasteiger partial charge is 0.316 e. The molecule has 0 bridgehead atoms. The van der Waals surface area contributed by atoms with E-state index < -0.39 is 5.60 Å². The summed E-state index contributed by atoms with van der Waals surface area (Å²) in [5.74, 6) is 1.19. The fourth-order valence-corrected chi connectivity index (χ4v) is 3.39. The van der Waals surface area contributed by atoms with Gasteiger partial charge in [0.15, 0.2) is 0 Å². The van der Waals surface area contributed by atoms with Crippen LogP contribution in [0.3, 0.4) is 0 Å². The molecular weight excluding hydrogens is 418 g/mol. The number of anilines is 1. The number of thiophene rings is 1. The van der Waals surface area contributed by atoms with Crippen molar-refractivity contribution < 1.29 is 14.3 Å². The van der Waals surface area contributed by atoms with Crippen LogP contribution in [0.1, 0.15) is 24.3 Å². The van der Waals surface area contributed by atoms with Crippen LogP contribution < -0.4 is 10.1 Å². The molecule has 0 atom stereocenters. The number of nitrogens with zero attached hydrogens (tertiary/aromatic N) is 2. The van der Waals surface area contributed by atoms with Gasteiger partial charge in [0.05, 0.1) is 10.5 Å². The van der Waals surface area contributed by atoms with E-state index in [-0.39, 0.29) is 6.61 Å². The van der Waals surface area contributed by atoms with Gasteiger partial charge in [-0.05, 0) is 51.1 Å². The first-order valence-corrected chi connectivity index (χ1v) is 9.69. The number of aryl methyl sites for hydroxylation is 1. The van der Waals surface area contributed by atoms with Gasteiger partial charge in [-0.15, -0.1) is 16.4 Å². The first kappa shape index (κ1) is 18.9. The van der Waals surface area contributed by atoms with Gasteiger partial charge in [-0.3, -0.25) is 0 Å². The molecule has 0 saturated heterocycles. The topological polar surface area (TPSA) is 80.4 Å². The van der Waals surface area contributed by atoms with E-state index in [2.05, 4.69) is 31.4 Å². The second kappa shape index (κ2) is 7.77. The van der Waals surface area contributed by atoms with E-state index in [1.807, 2.05) is 37.3 Å². The lowest BCUT2D eigenvalue weighted by atomic mass is 10.1. The summed E-state index contributed by atoms with van der Waals surface area (Å²) in [6.07, 6.45) is 0. The summed E-state index contributed by atoms with van der Waals surface area (Å²) in [4.78, 5) is 2.13. The van der Waals surface area contributed by atoms with Crippen LogP contribution in [0.15, 0.2) is 39.2 Å². The maximum atomic E-state index is 9.86. The SMILES string of the molecule is Cc1ccc(-c2nnc(NCc3cc(Br)ccc3OCC(C)(C)O)o2)s1. The number of benzene rings is 1. The van der Waals surface area contributed by atoms with Crippen molar-refractivity contribution in [1.29, 1.82) is 0 Å². The molecule has 2 N–H and O–H groups in total. The van der Waals surface area contributed by atoms with Crippen molar-refractivity contribution in [1.82, 2.24) is 10.2 Å². The van der Waals surface area contributed by atoms with Gasteiger partial charge in [-0.25, -0.2) is 0 Å². The van der Waals surface area contributed by atoms with Gasteiger partial charge in [-0.2, -0.15) is 0 Å². The second-order valence-electron chi connectivity index (χ2n) is 6.53. The van der Waals surface area contributed by atoms with Gasteiger partial charge in [-0.1, -0.05) is 21.0 Å². The minimum absolute atomic E-state index is 0.198. The zero-order chi connectivity index (χ0) is 18.7. The molecule has 138 valence electrons. The standard InChI is InChI=1S/C18H20BrN3O3S/c1-11-4-7-15(26-11)16-21-22-17(25-16)20-9-12-8-13(19)5-6-14(12)24-10-18(2,3)23/h4-8,23H,9-10H2,1-3H3,(H,20,22). The van der Waals surface area contributed by atoms with Gasteiger partial charge in [0, 0.05) is 21.5 Å². The van der Waals surface area contributed by atoms with Gasteiger partial charge < -0.3 is 19.6 Å². The lowest BCUT2D eigenvalue weighted by Gasteiger charge is -2.19. The Labute approximate surface area is 164 Å². The molecule has 3 aromatic rings. The van der Waals surface area contributed by atoms with E-state index in [4.69, 9.17) is 9.15 Å². The summed E-state index contributed by atoms with van der Waals surface area (Å²) in [6, 6.07) is 10.0. The summed E-state index contributed by atoms with van der Waals surface area (Å²) in [5.41, 5.74) is 0.00759. The Balaban J connectivity index is 1.69. The number of hydrogen-bond donors (Lipinski definition) is 2. The highest BCUT2D eigenvalue weighted by Gasteiger charge is 2.16. The molecule has 0 aliphatic rings. The van der Waals surface area contributed by atoms with Crippen LogP contribution in [0.25, 0.3) is 10.8 Å². The first-order chi connectivity index (χ1) is 12.3. The fourth-order valence-electron chi connectivity index (χ4n) is 2.20. The molecule has 2 heterocycles. The van der Waals surface area contributed by atoms with Crippen LogP contribution in [0.5, 0.6) is 5.75 Å². The molecule has 8 heteroatoms. The van der Waals surface area contributed by atoms with Crippen molar-refractivity contribution in [2.45, 2.75) is 32.9 Å². The summed E-state index contributed by atoms with van der Waals surface area (Å²) >= 11 is 5.08. The third-order valence-electron chi connectivity index (χ3n) is 3.41. The number of ether oxygens (including phenoxy) is 1. The molecule has 1 aromatic carbocycles. The second-order valence-corrected chi connectivity index (χ2v) is 8.73. The molecular formula is C18H20BrN3O3S. The molecule has 0 saturated carbocycles. The van der Waals surface area contributed by atoms with E-state index >= 15 is 0 Å². The number of aliphatic hydroxyl groups is 1. The fraction of sp³-hybridized carbons (Fsp3) is 0.333. The van der Waals surface area contributed by atoms with Crippen molar-refractivity contribution in [3.8, 4) is 16.5 Å². The average molecular weight is 438 g/mol. The Kier molecular flexibility index (Phi) is 5.64. The third kappa shape index (κ3) is 5.06. The zero-order valence-corrected chi connectivity index (χ0v) is 17.1. The van der Waals surface area contributed by atoms with E-state index in [0.29, 0.717) is 24.2 Å². The quantitative estimate of drug-likeness (QED) is 0.560. The van der Waals surface area contributed by atoms with Crippen LogP contribution in [0.2, 0.25) is 0 Å². The van der Waals surface area contributed by atoms with E-state index in [9.17, 15) is 5.11 Å². The highest BCUT2D eigenvalue weighted by Crippen LogP contribution is 2.28. The van der Waals surface area contributed by atoms with E-state index in [0.717, 1.165) is 14.9 Å². The number of rotatable bonds is 7. The number of halogens is 1. The molecule has 2 aromatic heterocycles. The highest BCUT2D eigenvalue weighted by atomic mass is 79.9. The number of nitrogens with one attached hydrogen (secondary N) is 1. The summed E-state index contributed by atoms with van der Waals surface area (Å²) in [6.45, 7) is 6.09. The Morgan fingerprint density at radius 1 is 1.27 bits per heavy atom. The first-order valence-electron chi connectivity index (χ1n) is 8.08. The van der Waals surface area contributed by atoms with Crippen molar-refractivity contribution in [2.24, 2.45) is 0 Å². The van der Waals surface area contributed by atoms with Crippen molar-refractivity contribution in [2.75, 3.05) is 11.9 Å². The molecule has 0 fully saturated rings. The summed E-state index contributed by atoms with van der Waals surface area (Å²) < 4.78 is 12.4. The predicted molar refractivity (Wildman–Crippen MR) is 106 cm³/mol. The third-order valence-corrected chi connectivity index (χ3v) is 4.89. The lowest BCUT2D eigenvalue weighted by Crippen LogP contribution is -2.28. The minimum Gasteiger partial charge on any atom is -0.490 e. The van der Waals surface area contributed by atoms with Gasteiger partial charge >= 0.3 is 6.01 Å². The molecule has 0 unspecified atom stereocenters. The Morgan fingerprint density at radius 2 is 2.08 bits per heavy atom. The Morgan fingerprint density at radius 3 is 2.77 bits per heavy atom. The summed E-state index contributed by atoms with van der Waals surface area (Å²) in [7, 11) is 0. The molecule has 0 amide bonds. The number of aromatic nitrogens is 2. The van der Waals surface area contributed by atoms with Crippen LogP contribution in [-0.2, 0) is 6.54 Å². The van der Waals surface area contributed by atoms with Gasteiger partial charge in [0.2, 0.25) is 0 Å². The van der Waals surface area contributed by atoms with Crippen LogP contribution >= 0.6 is 27.3 Å². The monoisotopic (exact) mass is 437 g/mol. The van der Waals surface area contributed by atoms with Crippen molar-refractivity contribution in [3.63, 3.8) is 0 Å².